The predicted molar refractivity (Wildman–Crippen MR) is 119 cm³/mol. The van der Waals surface area contributed by atoms with Crippen LogP contribution in [-0.4, -0.2) is 0 Å². The van der Waals surface area contributed by atoms with Crippen molar-refractivity contribution in [2.24, 2.45) is 0 Å². The Kier molecular flexibility index (Phi) is 12.6. The Hall–Kier alpha value is -1.56. The van der Waals surface area contributed by atoms with Crippen LogP contribution in [0.2, 0.25) is 0 Å². The number of hydrogen-bond donors (Lipinski definition) is 0. The molecule has 0 aliphatic heterocycles. The normalized spacial score (nSPS) is 22.0. The van der Waals surface area contributed by atoms with Gasteiger partial charge in [-0.2, -0.15) is 0 Å². The fraction of sp³-hybridized carbons (Fsp3) is 0.462. The molecule has 0 saturated carbocycles. The third kappa shape index (κ3) is 9.80. The highest BCUT2D eigenvalue weighted by molar-refractivity contribution is 5.33. The van der Waals surface area contributed by atoms with Crippen molar-refractivity contribution in [3.05, 3.63) is 84.7 Å². The lowest BCUT2D eigenvalue weighted by molar-refractivity contribution is 0.728. The van der Waals surface area contributed by atoms with E-state index in [1.54, 1.807) is 17.1 Å². The first-order valence-corrected chi connectivity index (χ1v) is 10.2. The van der Waals surface area contributed by atoms with Crippen LogP contribution in [0.15, 0.2) is 71.9 Å². The molecule has 2 radical (unpaired) electrons. The highest BCUT2D eigenvalue weighted by Crippen LogP contribution is 2.31. The molecule has 0 aromatic heterocycles. The quantitative estimate of drug-likeness (QED) is 0.234. The maximum absolute atomic E-state index is 3.88. The van der Waals surface area contributed by atoms with Gasteiger partial charge in [-0.25, -0.2) is 0 Å². The maximum Gasteiger partial charge on any atom is 0.00835 e. The van der Waals surface area contributed by atoms with Gasteiger partial charge in [-0.1, -0.05) is 65.3 Å². The molecule has 0 heteroatoms. The molecule has 0 aromatic rings. The van der Waals surface area contributed by atoms with Gasteiger partial charge >= 0.3 is 0 Å². The van der Waals surface area contributed by atoms with Crippen molar-refractivity contribution in [1.29, 1.82) is 0 Å². The van der Waals surface area contributed by atoms with Crippen molar-refractivity contribution in [1.82, 2.24) is 0 Å². The second-order valence-corrected chi connectivity index (χ2v) is 7.19. The van der Waals surface area contributed by atoms with Gasteiger partial charge in [0.25, 0.3) is 0 Å². The number of allylic oxidation sites excluding steroid dienone is 11. The number of unbranched alkanes of at least 4 members (excludes halogenated alkanes) is 2. The van der Waals surface area contributed by atoms with Gasteiger partial charge < -0.3 is 0 Å². The van der Waals surface area contributed by atoms with E-state index < -0.39 is 0 Å². The lowest BCUT2D eigenvalue weighted by Gasteiger charge is -2.19. The Morgan fingerprint density at radius 1 is 1.04 bits per heavy atom. The second-order valence-electron chi connectivity index (χ2n) is 7.19. The topological polar surface area (TPSA) is 0 Å². The summed E-state index contributed by atoms with van der Waals surface area (Å²) < 4.78 is 0. The fourth-order valence-corrected chi connectivity index (χ4v) is 3.19. The molecule has 0 spiro atoms. The van der Waals surface area contributed by atoms with Crippen LogP contribution in [0.4, 0.5) is 0 Å². The summed E-state index contributed by atoms with van der Waals surface area (Å²) in [6.45, 7) is 12.3. The first-order valence-electron chi connectivity index (χ1n) is 10.2. The van der Waals surface area contributed by atoms with Crippen LogP contribution in [0.3, 0.4) is 0 Å². The van der Waals surface area contributed by atoms with E-state index in [9.17, 15) is 0 Å². The molecule has 0 unspecified atom stereocenters. The van der Waals surface area contributed by atoms with Gasteiger partial charge in [0.15, 0.2) is 0 Å². The SMILES string of the molecule is [CH2]CC=CC=C(C)[C]1C/C=C/CC/C=C\CC(=C(C)CCCCC=C)C1. The minimum absolute atomic E-state index is 0.846. The van der Waals surface area contributed by atoms with Crippen LogP contribution in [0.1, 0.15) is 78.1 Å². The van der Waals surface area contributed by atoms with Crippen LogP contribution in [0.5, 0.6) is 0 Å². The van der Waals surface area contributed by atoms with Gasteiger partial charge in [0.2, 0.25) is 0 Å². The molecule has 1 rings (SSSR count). The van der Waals surface area contributed by atoms with E-state index in [2.05, 4.69) is 69.9 Å². The van der Waals surface area contributed by atoms with E-state index in [1.807, 2.05) is 6.08 Å². The first kappa shape index (κ1) is 22.5. The third-order valence-electron chi connectivity index (χ3n) is 5.01. The summed E-state index contributed by atoms with van der Waals surface area (Å²) in [6, 6.07) is 0. The summed E-state index contributed by atoms with van der Waals surface area (Å²) in [5, 5.41) is 0. The molecule has 1 aliphatic carbocycles. The van der Waals surface area contributed by atoms with Crippen molar-refractivity contribution < 1.29 is 0 Å². The molecular weight excluding hydrogens is 312 g/mol. The molecule has 0 nitrogen and oxygen atoms in total. The highest BCUT2D eigenvalue weighted by Gasteiger charge is 2.14. The standard InChI is InChI=1S/C26H38/c1-5-7-9-15-19-24(4)26-21-17-13-11-10-12-16-20-25(22-26)23(3)18-14-8-6-2/h5,8,12-14,16-18H,1-2,6-7,9-11,15,19-22H2,3-4H3/b14-8?,16-12+,17-13-,23-18?,26-24?. The number of rotatable bonds is 8. The van der Waals surface area contributed by atoms with Crippen molar-refractivity contribution >= 4 is 0 Å². The largest absolute Gasteiger partial charge is 0.103 e. The van der Waals surface area contributed by atoms with Gasteiger partial charge in [0.1, 0.15) is 0 Å². The van der Waals surface area contributed by atoms with Crippen molar-refractivity contribution in [3.8, 4) is 0 Å². The maximum atomic E-state index is 3.88. The minimum Gasteiger partial charge on any atom is -0.103 e. The molecule has 0 bridgehead atoms. The monoisotopic (exact) mass is 350 g/mol. The molecule has 26 heavy (non-hydrogen) atoms. The fourth-order valence-electron chi connectivity index (χ4n) is 3.19. The summed E-state index contributed by atoms with van der Waals surface area (Å²) in [6.07, 6.45) is 29.2. The van der Waals surface area contributed by atoms with Gasteiger partial charge in [0, 0.05) is 5.92 Å². The number of hydrogen-bond acceptors (Lipinski definition) is 0. The van der Waals surface area contributed by atoms with Gasteiger partial charge in [0.05, 0.1) is 0 Å². The zero-order valence-electron chi connectivity index (χ0n) is 17.1. The summed E-state index contributed by atoms with van der Waals surface area (Å²) in [5.74, 6) is 1.55. The average Bonchev–Trinajstić information content (AvgIpc) is 2.69. The van der Waals surface area contributed by atoms with E-state index in [0.29, 0.717) is 0 Å². The smallest absolute Gasteiger partial charge is 0.00835 e. The molecule has 0 aromatic carbocycles. The van der Waals surface area contributed by atoms with E-state index in [-0.39, 0.29) is 0 Å². The Morgan fingerprint density at radius 2 is 1.77 bits per heavy atom. The second kappa shape index (κ2) is 14.6. The lowest BCUT2D eigenvalue weighted by atomic mass is 9.85. The Bertz CT molecular complexity index is 536. The van der Waals surface area contributed by atoms with E-state index in [0.717, 1.165) is 44.9 Å². The van der Waals surface area contributed by atoms with E-state index >= 15 is 0 Å². The van der Waals surface area contributed by atoms with Crippen molar-refractivity contribution in [3.63, 3.8) is 0 Å². The van der Waals surface area contributed by atoms with Crippen LogP contribution in [0.25, 0.3) is 0 Å². The summed E-state index contributed by atoms with van der Waals surface area (Å²) in [5.41, 5.74) is 4.60. The minimum atomic E-state index is 0.846. The van der Waals surface area contributed by atoms with Crippen LogP contribution in [0, 0.1) is 12.8 Å². The summed E-state index contributed by atoms with van der Waals surface area (Å²) in [4.78, 5) is 0. The zero-order chi connectivity index (χ0) is 19.0. The van der Waals surface area contributed by atoms with E-state index in [1.165, 1.54) is 24.8 Å². The van der Waals surface area contributed by atoms with Gasteiger partial charge in [-0.05, 0) is 85.0 Å². The van der Waals surface area contributed by atoms with Gasteiger partial charge in [-0.3, -0.25) is 0 Å². The molecule has 0 N–H and O–H groups in total. The van der Waals surface area contributed by atoms with Crippen LogP contribution < -0.4 is 0 Å². The van der Waals surface area contributed by atoms with E-state index in [4.69, 9.17) is 0 Å². The Labute approximate surface area is 163 Å². The third-order valence-corrected chi connectivity index (χ3v) is 5.01. The molecule has 0 atom stereocenters. The van der Waals surface area contributed by atoms with Gasteiger partial charge in [-0.15, -0.1) is 6.58 Å². The van der Waals surface area contributed by atoms with Crippen LogP contribution in [-0.2, 0) is 0 Å². The average molecular weight is 351 g/mol. The zero-order valence-corrected chi connectivity index (χ0v) is 17.1. The Morgan fingerprint density at radius 3 is 2.46 bits per heavy atom. The molecule has 1 aliphatic rings. The summed E-state index contributed by atoms with van der Waals surface area (Å²) >= 11 is 0. The molecule has 142 valence electrons. The molecule has 0 saturated heterocycles. The van der Waals surface area contributed by atoms with Crippen molar-refractivity contribution in [2.75, 3.05) is 0 Å². The lowest BCUT2D eigenvalue weighted by Crippen LogP contribution is -2.02. The predicted octanol–water partition coefficient (Wildman–Crippen LogP) is 8.43. The molecule has 0 heterocycles. The Balaban J connectivity index is 2.94. The van der Waals surface area contributed by atoms with Crippen LogP contribution >= 0.6 is 0 Å². The molecule has 0 amide bonds. The highest BCUT2D eigenvalue weighted by atomic mass is 14.2. The molecule has 0 fully saturated rings. The molecular formula is C26H38. The first-order chi connectivity index (χ1) is 12.7. The summed E-state index contributed by atoms with van der Waals surface area (Å²) in [7, 11) is 0. The van der Waals surface area contributed by atoms with Crippen molar-refractivity contribution in [2.45, 2.75) is 78.1 Å².